The largest absolute Gasteiger partial charge is 0.507 e. The number of ether oxygens (including phenoxy) is 2. The quantitative estimate of drug-likeness (QED) is 0.215. The summed E-state index contributed by atoms with van der Waals surface area (Å²) in [6.07, 6.45) is 0. The Labute approximate surface area is 219 Å². The fourth-order valence-electron chi connectivity index (χ4n) is 4.23. The first-order chi connectivity index (χ1) is 17.7. The van der Waals surface area contributed by atoms with Gasteiger partial charge in [-0.15, -0.1) is 0 Å². The van der Waals surface area contributed by atoms with Crippen LogP contribution in [0.3, 0.4) is 0 Å². The monoisotopic (exact) mass is 520 g/mol. The molecule has 1 aliphatic rings. The predicted octanol–water partition coefficient (Wildman–Crippen LogP) is 4.83. The minimum absolute atomic E-state index is 0.138. The topological polar surface area (TPSA) is 96.4 Å². The number of carbonyl (C=O) groups is 3. The molecular weight excluding hydrogens is 496 g/mol. The van der Waals surface area contributed by atoms with Crippen molar-refractivity contribution in [3.8, 4) is 5.75 Å². The number of nitrogens with zero attached hydrogens (tertiary/aromatic N) is 2. The molecule has 3 aromatic rings. The summed E-state index contributed by atoms with van der Waals surface area (Å²) in [5.41, 5.74) is 2.00. The molecule has 0 radical (unpaired) electrons. The van der Waals surface area contributed by atoms with Crippen LogP contribution >= 0.6 is 11.6 Å². The number of anilines is 2. The van der Waals surface area contributed by atoms with Crippen molar-refractivity contribution in [1.29, 1.82) is 0 Å². The number of hydrogen-bond acceptors (Lipinski definition) is 7. The van der Waals surface area contributed by atoms with Crippen molar-refractivity contribution in [3.05, 3.63) is 94.0 Å². The molecule has 3 aromatic carbocycles. The van der Waals surface area contributed by atoms with Crippen LogP contribution in [0.25, 0.3) is 5.76 Å². The first-order valence-corrected chi connectivity index (χ1v) is 11.7. The zero-order valence-electron chi connectivity index (χ0n) is 20.7. The van der Waals surface area contributed by atoms with Crippen LogP contribution in [0, 0.1) is 0 Å². The van der Waals surface area contributed by atoms with E-state index in [1.165, 1.54) is 37.3 Å². The molecular formula is C28H25ClN2O6. The SMILES string of the molecule is COC(=O)c1cccc(N2C(=O)C(=O)/C(=C(/O)c3cc(OC)ccc3Cl)C2c2ccc(N(C)C)cc2)c1. The van der Waals surface area contributed by atoms with E-state index in [0.29, 0.717) is 17.0 Å². The molecule has 0 aliphatic carbocycles. The van der Waals surface area contributed by atoms with Crippen molar-refractivity contribution in [2.45, 2.75) is 6.04 Å². The van der Waals surface area contributed by atoms with Gasteiger partial charge in [-0.25, -0.2) is 4.79 Å². The Bertz CT molecular complexity index is 1410. The zero-order chi connectivity index (χ0) is 26.9. The lowest BCUT2D eigenvalue weighted by Crippen LogP contribution is -2.29. The van der Waals surface area contributed by atoms with E-state index in [1.54, 1.807) is 36.4 Å². The van der Waals surface area contributed by atoms with Gasteiger partial charge in [0.05, 0.1) is 36.4 Å². The van der Waals surface area contributed by atoms with Gasteiger partial charge < -0.3 is 19.5 Å². The van der Waals surface area contributed by atoms with Crippen molar-refractivity contribution in [2.24, 2.45) is 0 Å². The molecule has 0 bridgehead atoms. The highest BCUT2D eigenvalue weighted by Crippen LogP contribution is 2.43. The summed E-state index contributed by atoms with van der Waals surface area (Å²) in [6, 6.07) is 17.1. The third kappa shape index (κ3) is 4.75. The molecule has 0 saturated carbocycles. The summed E-state index contributed by atoms with van der Waals surface area (Å²) >= 11 is 6.37. The highest BCUT2D eigenvalue weighted by atomic mass is 35.5. The van der Waals surface area contributed by atoms with Gasteiger partial charge in [-0.1, -0.05) is 29.8 Å². The summed E-state index contributed by atoms with van der Waals surface area (Å²) in [7, 11) is 6.51. The van der Waals surface area contributed by atoms with Crippen LogP contribution in [0.5, 0.6) is 5.75 Å². The second-order valence-corrected chi connectivity index (χ2v) is 8.95. The maximum atomic E-state index is 13.4. The van der Waals surface area contributed by atoms with E-state index in [1.807, 2.05) is 31.1 Å². The second kappa shape index (κ2) is 10.4. The number of amides is 1. The normalized spacial score (nSPS) is 16.6. The lowest BCUT2D eigenvalue weighted by molar-refractivity contribution is -0.132. The molecule has 0 spiro atoms. The van der Waals surface area contributed by atoms with Crippen molar-refractivity contribution >= 4 is 46.4 Å². The summed E-state index contributed by atoms with van der Waals surface area (Å²) < 4.78 is 10.1. The molecule has 8 nitrogen and oxygen atoms in total. The van der Waals surface area contributed by atoms with Gasteiger partial charge in [0.1, 0.15) is 11.5 Å². The van der Waals surface area contributed by atoms with Crippen LogP contribution in [-0.2, 0) is 14.3 Å². The Hall–Kier alpha value is -4.30. The molecule has 4 rings (SSSR count). The van der Waals surface area contributed by atoms with Gasteiger partial charge in [-0.05, 0) is 54.1 Å². The molecule has 190 valence electrons. The van der Waals surface area contributed by atoms with E-state index >= 15 is 0 Å². The molecule has 1 atom stereocenters. The minimum atomic E-state index is -0.994. The molecule has 1 fully saturated rings. The summed E-state index contributed by atoms with van der Waals surface area (Å²) in [6.45, 7) is 0. The number of ketones is 1. The lowest BCUT2D eigenvalue weighted by Gasteiger charge is -2.26. The van der Waals surface area contributed by atoms with Crippen LogP contribution in [0.4, 0.5) is 11.4 Å². The van der Waals surface area contributed by atoms with E-state index in [9.17, 15) is 19.5 Å². The number of hydrogen-bond donors (Lipinski definition) is 1. The number of aliphatic hydroxyl groups is 1. The molecule has 1 heterocycles. The standard InChI is InChI=1S/C28H25ClN2O6/c1-30(2)18-10-8-16(9-11-18)24-23(25(32)21-15-20(36-3)12-13-22(21)29)26(33)27(34)31(24)19-7-5-6-17(14-19)28(35)37-4/h5-15,24,32H,1-4H3/b25-23+. The van der Waals surface area contributed by atoms with Gasteiger partial charge in [0, 0.05) is 31.0 Å². The Morgan fingerprint density at radius 2 is 1.70 bits per heavy atom. The van der Waals surface area contributed by atoms with Gasteiger partial charge in [0.2, 0.25) is 0 Å². The number of carbonyl (C=O) groups excluding carboxylic acids is 3. The molecule has 1 N–H and O–H groups in total. The molecule has 1 unspecified atom stereocenters. The van der Waals surface area contributed by atoms with Crippen LogP contribution < -0.4 is 14.5 Å². The molecule has 1 aliphatic heterocycles. The first-order valence-electron chi connectivity index (χ1n) is 11.3. The summed E-state index contributed by atoms with van der Waals surface area (Å²) in [5.74, 6) is -2.35. The minimum Gasteiger partial charge on any atom is -0.507 e. The maximum Gasteiger partial charge on any atom is 0.337 e. The van der Waals surface area contributed by atoms with E-state index in [0.717, 1.165) is 5.69 Å². The van der Waals surface area contributed by atoms with Crippen molar-refractivity contribution in [2.75, 3.05) is 38.1 Å². The van der Waals surface area contributed by atoms with Gasteiger partial charge in [-0.3, -0.25) is 14.5 Å². The number of methoxy groups -OCH3 is 2. The number of halogens is 1. The number of rotatable bonds is 6. The molecule has 1 amide bonds. The van der Waals surface area contributed by atoms with E-state index in [-0.39, 0.29) is 21.7 Å². The number of esters is 1. The van der Waals surface area contributed by atoms with E-state index < -0.39 is 29.5 Å². The predicted molar refractivity (Wildman–Crippen MR) is 141 cm³/mol. The highest BCUT2D eigenvalue weighted by molar-refractivity contribution is 6.52. The van der Waals surface area contributed by atoms with Gasteiger partial charge >= 0.3 is 5.97 Å². The average Bonchev–Trinajstić information content (AvgIpc) is 3.18. The number of Topliss-reactive ketones (excluding diaryl/α,β-unsaturated/α-hetero) is 1. The maximum absolute atomic E-state index is 13.4. The Morgan fingerprint density at radius 1 is 1.00 bits per heavy atom. The van der Waals surface area contributed by atoms with Gasteiger partial charge in [0.25, 0.3) is 11.7 Å². The van der Waals surface area contributed by atoms with Crippen LogP contribution in [0.1, 0.15) is 27.5 Å². The summed E-state index contributed by atoms with van der Waals surface area (Å²) in [5, 5.41) is 11.6. The van der Waals surface area contributed by atoms with Gasteiger partial charge in [-0.2, -0.15) is 0 Å². The molecule has 37 heavy (non-hydrogen) atoms. The summed E-state index contributed by atoms with van der Waals surface area (Å²) in [4.78, 5) is 42.2. The molecule has 0 aromatic heterocycles. The zero-order valence-corrected chi connectivity index (χ0v) is 21.4. The van der Waals surface area contributed by atoms with Crippen molar-refractivity contribution in [1.82, 2.24) is 0 Å². The molecule has 9 heteroatoms. The van der Waals surface area contributed by atoms with Crippen LogP contribution in [0.15, 0.2) is 72.3 Å². The molecule has 1 saturated heterocycles. The first kappa shape index (κ1) is 25.8. The van der Waals surface area contributed by atoms with Gasteiger partial charge in [0.15, 0.2) is 0 Å². The number of aliphatic hydroxyl groups excluding tert-OH is 1. The Balaban J connectivity index is 1.96. The van der Waals surface area contributed by atoms with E-state index in [2.05, 4.69) is 0 Å². The smallest absolute Gasteiger partial charge is 0.337 e. The highest BCUT2D eigenvalue weighted by Gasteiger charge is 2.47. The third-order valence-corrected chi connectivity index (χ3v) is 6.47. The number of benzene rings is 3. The van der Waals surface area contributed by atoms with E-state index in [4.69, 9.17) is 21.1 Å². The second-order valence-electron chi connectivity index (χ2n) is 8.54. The third-order valence-electron chi connectivity index (χ3n) is 6.14. The van der Waals surface area contributed by atoms with Crippen LogP contribution in [-0.4, -0.2) is 51.1 Å². The van der Waals surface area contributed by atoms with Crippen molar-refractivity contribution < 1.29 is 29.0 Å². The van der Waals surface area contributed by atoms with Crippen molar-refractivity contribution in [3.63, 3.8) is 0 Å². The average molecular weight is 521 g/mol. The van der Waals surface area contributed by atoms with Crippen LogP contribution in [0.2, 0.25) is 5.02 Å². The Morgan fingerprint density at radius 3 is 2.32 bits per heavy atom. The fourth-order valence-corrected chi connectivity index (χ4v) is 4.43. The Kier molecular flexibility index (Phi) is 7.22. The fraction of sp³-hybridized carbons (Fsp3) is 0.179. The lowest BCUT2D eigenvalue weighted by atomic mass is 9.94.